The lowest BCUT2D eigenvalue weighted by Gasteiger charge is -2.20. The normalized spacial score (nSPS) is 17.2. The molecule has 0 spiro atoms. The molecule has 2 nitrogen and oxygen atoms in total. The Bertz CT molecular complexity index is 276. The van der Waals surface area contributed by atoms with E-state index < -0.39 is 0 Å². The average molecular weight is 193 g/mol. The molecule has 0 aliphatic carbocycles. The third-order valence-corrected chi connectivity index (χ3v) is 2.63. The zero-order chi connectivity index (χ0) is 10.6. The van der Waals surface area contributed by atoms with Gasteiger partial charge < -0.3 is 4.90 Å². The van der Waals surface area contributed by atoms with Crippen LogP contribution in [0.3, 0.4) is 0 Å². The standard InChI is InChI=1S/C12H19NO/c1-4-10(3)12(11(14)5-2)13-8-6-7-9-13/h6,8H,4-5,7,9H2,1-3H3/b12-10-. The Labute approximate surface area is 86.3 Å². The monoisotopic (exact) mass is 193 g/mol. The fourth-order valence-corrected chi connectivity index (χ4v) is 1.65. The van der Waals surface area contributed by atoms with Crippen molar-refractivity contribution in [2.24, 2.45) is 0 Å². The van der Waals surface area contributed by atoms with Gasteiger partial charge in [0.1, 0.15) is 0 Å². The van der Waals surface area contributed by atoms with Gasteiger partial charge in [-0.1, -0.05) is 19.9 Å². The van der Waals surface area contributed by atoms with Crippen molar-refractivity contribution in [1.82, 2.24) is 4.90 Å². The van der Waals surface area contributed by atoms with Crippen LogP contribution >= 0.6 is 0 Å². The largest absolute Gasteiger partial charge is 0.345 e. The molecule has 78 valence electrons. The molecule has 0 aromatic rings. The summed E-state index contributed by atoms with van der Waals surface area (Å²) in [6.45, 7) is 7.02. The second-order valence-corrected chi connectivity index (χ2v) is 3.63. The first-order chi connectivity index (χ1) is 6.70. The lowest BCUT2D eigenvalue weighted by atomic mass is 10.1. The second kappa shape index (κ2) is 4.99. The molecule has 1 aliphatic heterocycles. The van der Waals surface area contributed by atoms with Gasteiger partial charge in [0.15, 0.2) is 5.78 Å². The molecular weight excluding hydrogens is 174 g/mol. The average Bonchev–Trinajstić information content (AvgIpc) is 2.70. The third kappa shape index (κ3) is 2.25. The van der Waals surface area contributed by atoms with E-state index in [0.29, 0.717) is 6.42 Å². The van der Waals surface area contributed by atoms with E-state index in [1.807, 2.05) is 13.1 Å². The molecule has 0 radical (unpaired) electrons. The molecule has 1 aliphatic rings. The maximum atomic E-state index is 11.8. The maximum Gasteiger partial charge on any atom is 0.178 e. The van der Waals surface area contributed by atoms with Crippen LogP contribution in [0.5, 0.6) is 0 Å². The topological polar surface area (TPSA) is 20.3 Å². The first kappa shape index (κ1) is 11.0. The van der Waals surface area contributed by atoms with E-state index in [9.17, 15) is 4.79 Å². The highest BCUT2D eigenvalue weighted by molar-refractivity contribution is 5.95. The van der Waals surface area contributed by atoms with E-state index in [2.05, 4.69) is 24.8 Å². The van der Waals surface area contributed by atoms with E-state index >= 15 is 0 Å². The first-order valence-corrected chi connectivity index (χ1v) is 5.37. The van der Waals surface area contributed by atoms with Gasteiger partial charge in [-0.05, 0) is 25.3 Å². The Morgan fingerprint density at radius 2 is 2.07 bits per heavy atom. The molecule has 0 bridgehead atoms. The molecule has 1 rings (SSSR count). The summed E-state index contributed by atoms with van der Waals surface area (Å²) in [5.41, 5.74) is 2.12. The van der Waals surface area contributed by atoms with Gasteiger partial charge in [0, 0.05) is 19.2 Å². The highest BCUT2D eigenvalue weighted by atomic mass is 16.1. The predicted octanol–water partition coefficient (Wildman–Crippen LogP) is 2.87. The summed E-state index contributed by atoms with van der Waals surface area (Å²) in [5.74, 6) is 0.260. The Kier molecular flexibility index (Phi) is 3.93. The minimum absolute atomic E-state index is 0.260. The van der Waals surface area contributed by atoms with Crippen molar-refractivity contribution in [2.45, 2.75) is 40.0 Å². The SMILES string of the molecule is CCC(=O)/C(=C(\C)CC)N1C=CCC1. The van der Waals surface area contributed by atoms with Crippen molar-refractivity contribution in [2.75, 3.05) is 6.54 Å². The van der Waals surface area contributed by atoms with Crippen LogP contribution in [0.4, 0.5) is 0 Å². The molecule has 0 saturated carbocycles. The second-order valence-electron chi connectivity index (χ2n) is 3.63. The number of carbonyl (C=O) groups excluding carboxylic acids is 1. The Morgan fingerprint density at radius 1 is 1.36 bits per heavy atom. The predicted molar refractivity (Wildman–Crippen MR) is 58.8 cm³/mol. The minimum atomic E-state index is 0.260. The van der Waals surface area contributed by atoms with Crippen LogP contribution in [-0.4, -0.2) is 17.2 Å². The van der Waals surface area contributed by atoms with Crippen LogP contribution < -0.4 is 0 Å². The first-order valence-electron chi connectivity index (χ1n) is 5.37. The number of hydrogen-bond acceptors (Lipinski definition) is 2. The molecule has 0 unspecified atom stereocenters. The van der Waals surface area contributed by atoms with Crippen molar-refractivity contribution in [3.8, 4) is 0 Å². The van der Waals surface area contributed by atoms with E-state index in [1.54, 1.807) is 0 Å². The Balaban J connectivity index is 2.92. The fourth-order valence-electron chi connectivity index (χ4n) is 1.65. The van der Waals surface area contributed by atoms with Crippen molar-refractivity contribution in [3.05, 3.63) is 23.5 Å². The number of Topliss-reactive ketones (excluding diaryl/α,β-unsaturated/α-hetero) is 1. The smallest absolute Gasteiger partial charge is 0.178 e. The van der Waals surface area contributed by atoms with Gasteiger partial charge >= 0.3 is 0 Å². The Morgan fingerprint density at radius 3 is 2.50 bits per heavy atom. The highest BCUT2D eigenvalue weighted by Crippen LogP contribution is 2.19. The van der Waals surface area contributed by atoms with E-state index in [1.165, 1.54) is 5.57 Å². The Hall–Kier alpha value is -1.05. The quantitative estimate of drug-likeness (QED) is 0.640. The number of allylic oxidation sites excluding steroid dienone is 2. The van der Waals surface area contributed by atoms with Gasteiger partial charge in [-0.25, -0.2) is 0 Å². The van der Waals surface area contributed by atoms with Crippen molar-refractivity contribution < 1.29 is 4.79 Å². The van der Waals surface area contributed by atoms with Crippen LogP contribution in [0.2, 0.25) is 0 Å². The van der Waals surface area contributed by atoms with Gasteiger partial charge in [0.05, 0.1) is 5.70 Å². The summed E-state index contributed by atoms with van der Waals surface area (Å²) in [7, 11) is 0. The molecule has 2 heteroatoms. The summed E-state index contributed by atoms with van der Waals surface area (Å²) in [5, 5.41) is 0. The fraction of sp³-hybridized carbons (Fsp3) is 0.583. The molecule has 0 aromatic heterocycles. The number of nitrogens with zero attached hydrogens (tertiary/aromatic N) is 1. The number of hydrogen-bond donors (Lipinski definition) is 0. The summed E-state index contributed by atoms with van der Waals surface area (Å²) in [4.78, 5) is 13.9. The van der Waals surface area contributed by atoms with Crippen LogP contribution in [0.1, 0.15) is 40.0 Å². The van der Waals surface area contributed by atoms with Crippen LogP contribution in [0.25, 0.3) is 0 Å². The van der Waals surface area contributed by atoms with E-state index in [0.717, 1.165) is 25.1 Å². The van der Waals surface area contributed by atoms with Crippen LogP contribution in [0, 0.1) is 0 Å². The van der Waals surface area contributed by atoms with Crippen LogP contribution in [0.15, 0.2) is 23.5 Å². The van der Waals surface area contributed by atoms with Crippen molar-refractivity contribution >= 4 is 5.78 Å². The molecule has 0 N–H and O–H groups in total. The summed E-state index contributed by atoms with van der Waals surface area (Å²) in [6.07, 6.45) is 6.74. The molecule has 14 heavy (non-hydrogen) atoms. The third-order valence-electron chi connectivity index (χ3n) is 2.63. The van der Waals surface area contributed by atoms with Crippen molar-refractivity contribution in [3.63, 3.8) is 0 Å². The zero-order valence-corrected chi connectivity index (χ0v) is 9.34. The molecule has 0 atom stereocenters. The van der Waals surface area contributed by atoms with Gasteiger partial charge in [0.2, 0.25) is 0 Å². The summed E-state index contributed by atoms with van der Waals surface area (Å²) >= 11 is 0. The van der Waals surface area contributed by atoms with Crippen molar-refractivity contribution in [1.29, 1.82) is 0 Å². The van der Waals surface area contributed by atoms with E-state index in [-0.39, 0.29) is 5.78 Å². The van der Waals surface area contributed by atoms with Gasteiger partial charge in [-0.3, -0.25) is 4.79 Å². The molecule has 0 fully saturated rings. The molecule has 0 amide bonds. The van der Waals surface area contributed by atoms with Gasteiger partial charge in [0.25, 0.3) is 0 Å². The molecule has 1 heterocycles. The summed E-state index contributed by atoms with van der Waals surface area (Å²) in [6, 6.07) is 0. The van der Waals surface area contributed by atoms with E-state index in [4.69, 9.17) is 0 Å². The summed E-state index contributed by atoms with van der Waals surface area (Å²) < 4.78 is 0. The molecule has 0 aromatic carbocycles. The number of carbonyl (C=O) groups is 1. The molecular formula is C12H19NO. The highest BCUT2D eigenvalue weighted by Gasteiger charge is 2.17. The maximum absolute atomic E-state index is 11.8. The number of rotatable bonds is 4. The lowest BCUT2D eigenvalue weighted by molar-refractivity contribution is -0.116. The van der Waals surface area contributed by atoms with Gasteiger partial charge in [-0.15, -0.1) is 0 Å². The van der Waals surface area contributed by atoms with Gasteiger partial charge in [-0.2, -0.15) is 0 Å². The molecule has 0 saturated heterocycles. The lowest BCUT2D eigenvalue weighted by Crippen LogP contribution is -2.22. The number of ketones is 1. The zero-order valence-electron chi connectivity index (χ0n) is 9.34. The van der Waals surface area contributed by atoms with Crippen LogP contribution in [-0.2, 0) is 4.79 Å². The minimum Gasteiger partial charge on any atom is -0.345 e.